The second-order valence-electron chi connectivity index (χ2n) is 7.38. The maximum atomic E-state index is 12.6. The minimum absolute atomic E-state index is 0.148. The van der Waals surface area contributed by atoms with Crippen LogP contribution in [0, 0.1) is 5.92 Å². The summed E-state index contributed by atoms with van der Waals surface area (Å²) in [6, 6.07) is 7.53. The minimum atomic E-state index is 0.148. The molecule has 0 spiro atoms. The number of hydrogen-bond donors (Lipinski definition) is 0. The van der Waals surface area contributed by atoms with Crippen LogP contribution >= 0.6 is 0 Å². The fraction of sp³-hybridized carbons (Fsp3) is 0.667. The second kappa shape index (κ2) is 9.23. The van der Waals surface area contributed by atoms with Gasteiger partial charge in [0.15, 0.2) is 0 Å². The lowest BCUT2D eigenvalue weighted by Gasteiger charge is -2.35. The Morgan fingerprint density at radius 3 is 2.36 bits per heavy atom. The molecule has 2 fully saturated rings. The van der Waals surface area contributed by atoms with Crippen molar-refractivity contribution >= 4 is 5.91 Å². The molecule has 138 valence electrons. The van der Waals surface area contributed by atoms with Crippen LogP contribution in [0.25, 0.3) is 0 Å². The fourth-order valence-electron chi connectivity index (χ4n) is 4.06. The van der Waals surface area contributed by atoms with Gasteiger partial charge in [-0.15, -0.1) is 0 Å². The molecule has 1 saturated heterocycles. The summed E-state index contributed by atoms with van der Waals surface area (Å²) in [5.41, 5.74) is 0.763. The molecule has 0 N–H and O–H groups in total. The molecule has 0 atom stereocenters. The monoisotopic (exact) mass is 344 g/mol. The normalized spacial score (nSPS) is 19.8. The van der Waals surface area contributed by atoms with E-state index in [1.807, 2.05) is 36.1 Å². The fourth-order valence-corrected chi connectivity index (χ4v) is 4.06. The molecule has 1 aliphatic heterocycles. The van der Waals surface area contributed by atoms with E-state index in [1.165, 1.54) is 45.1 Å². The Morgan fingerprint density at radius 1 is 1.04 bits per heavy atom. The third kappa shape index (κ3) is 5.21. The first-order valence-electron chi connectivity index (χ1n) is 10.0. The first-order chi connectivity index (χ1) is 12.3. The number of carbonyl (C=O) groups is 1. The van der Waals surface area contributed by atoms with Gasteiger partial charge in [0.2, 0.25) is 0 Å². The van der Waals surface area contributed by atoms with Gasteiger partial charge < -0.3 is 9.64 Å². The number of carbonyl (C=O) groups excluding carboxylic acids is 1. The van der Waals surface area contributed by atoms with Crippen molar-refractivity contribution in [1.82, 2.24) is 9.80 Å². The van der Waals surface area contributed by atoms with Crippen molar-refractivity contribution in [2.75, 3.05) is 39.3 Å². The summed E-state index contributed by atoms with van der Waals surface area (Å²) in [6.07, 6.45) is 8.48. The first-order valence-corrected chi connectivity index (χ1v) is 10.0. The Hall–Kier alpha value is -1.55. The molecule has 3 rings (SSSR count). The molecule has 0 bridgehead atoms. The minimum Gasteiger partial charge on any atom is -0.494 e. The average Bonchev–Trinajstić information content (AvgIpc) is 2.68. The van der Waals surface area contributed by atoms with Gasteiger partial charge in [-0.1, -0.05) is 32.1 Å². The highest BCUT2D eigenvalue weighted by Crippen LogP contribution is 2.26. The van der Waals surface area contributed by atoms with Crippen LogP contribution in [0.2, 0.25) is 0 Å². The van der Waals surface area contributed by atoms with Crippen LogP contribution in [0.15, 0.2) is 24.3 Å². The predicted octanol–water partition coefficient (Wildman–Crippen LogP) is 3.81. The number of piperazine rings is 1. The molecule has 0 unspecified atom stereocenters. The van der Waals surface area contributed by atoms with Crippen molar-refractivity contribution in [3.05, 3.63) is 29.8 Å². The van der Waals surface area contributed by atoms with Gasteiger partial charge in [0.25, 0.3) is 5.91 Å². The van der Waals surface area contributed by atoms with Crippen LogP contribution in [-0.4, -0.2) is 55.0 Å². The number of hydrogen-bond acceptors (Lipinski definition) is 3. The van der Waals surface area contributed by atoms with Gasteiger partial charge >= 0.3 is 0 Å². The summed E-state index contributed by atoms with van der Waals surface area (Å²) in [7, 11) is 0. The Balaban J connectivity index is 1.42. The molecule has 25 heavy (non-hydrogen) atoms. The summed E-state index contributed by atoms with van der Waals surface area (Å²) in [5.74, 6) is 1.92. The van der Waals surface area contributed by atoms with Crippen molar-refractivity contribution < 1.29 is 9.53 Å². The van der Waals surface area contributed by atoms with Crippen LogP contribution in [0.1, 0.15) is 55.8 Å². The van der Waals surface area contributed by atoms with Crippen LogP contribution in [0.3, 0.4) is 0 Å². The Bertz CT molecular complexity index is 529. The summed E-state index contributed by atoms with van der Waals surface area (Å²) in [4.78, 5) is 17.2. The van der Waals surface area contributed by atoms with Gasteiger partial charge in [0, 0.05) is 31.7 Å². The van der Waals surface area contributed by atoms with E-state index in [1.54, 1.807) is 0 Å². The predicted molar refractivity (Wildman–Crippen MR) is 101 cm³/mol. The van der Waals surface area contributed by atoms with Crippen molar-refractivity contribution in [3.63, 3.8) is 0 Å². The van der Waals surface area contributed by atoms with Gasteiger partial charge in [0.05, 0.1) is 6.61 Å². The van der Waals surface area contributed by atoms with Crippen LogP contribution in [0.4, 0.5) is 0 Å². The van der Waals surface area contributed by atoms with E-state index in [-0.39, 0.29) is 5.91 Å². The molecule has 1 amide bonds. The van der Waals surface area contributed by atoms with E-state index in [2.05, 4.69) is 4.90 Å². The maximum absolute atomic E-state index is 12.6. The molecule has 4 nitrogen and oxygen atoms in total. The first kappa shape index (κ1) is 18.2. The topological polar surface area (TPSA) is 32.8 Å². The molecule has 4 heteroatoms. The number of nitrogens with zero attached hydrogens (tertiary/aromatic N) is 2. The van der Waals surface area contributed by atoms with Gasteiger partial charge in [-0.3, -0.25) is 9.69 Å². The number of benzene rings is 1. The Morgan fingerprint density at radius 2 is 1.72 bits per heavy atom. The molecule has 1 saturated carbocycles. The number of ether oxygens (including phenoxy) is 1. The molecular weight excluding hydrogens is 312 g/mol. The SMILES string of the molecule is CCOc1ccc(C(=O)N2CCN(CCC3CCCCC3)CC2)cc1. The zero-order chi connectivity index (χ0) is 17.5. The van der Waals surface area contributed by atoms with Crippen molar-refractivity contribution in [2.24, 2.45) is 5.92 Å². The zero-order valence-corrected chi connectivity index (χ0v) is 15.6. The van der Waals surface area contributed by atoms with Crippen LogP contribution < -0.4 is 4.74 Å². The number of rotatable bonds is 6. The van der Waals surface area contributed by atoms with Crippen LogP contribution in [0.5, 0.6) is 5.75 Å². The lowest BCUT2D eigenvalue weighted by Crippen LogP contribution is -2.49. The van der Waals surface area contributed by atoms with E-state index < -0.39 is 0 Å². The van der Waals surface area contributed by atoms with Gasteiger partial charge in [0.1, 0.15) is 5.75 Å². The lowest BCUT2D eigenvalue weighted by atomic mass is 9.87. The largest absolute Gasteiger partial charge is 0.494 e. The summed E-state index contributed by atoms with van der Waals surface area (Å²) in [6.45, 7) is 7.52. The molecule has 1 aromatic rings. The molecule has 1 aliphatic carbocycles. The summed E-state index contributed by atoms with van der Waals surface area (Å²) in [5, 5.41) is 0. The third-order valence-corrected chi connectivity index (χ3v) is 5.65. The Kier molecular flexibility index (Phi) is 6.74. The molecular formula is C21H32N2O2. The highest BCUT2D eigenvalue weighted by molar-refractivity contribution is 5.94. The quantitative estimate of drug-likeness (QED) is 0.786. The van der Waals surface area contributed by atoms with Gasteiger partial charge in [-0.2, -0.15) is 0 Å². The third-order valence-electron chi connectivity index (χ3n) is 5.65. The highest BCUT2D eigenvalue weighted by Gasteiger charge is 2.23. The van der Waals surface area contributed by atoms with Gasteiger partial charge in [-0.05, 0) is 50.1 Å². The Labute approximate surface area is 152 Å². The molecule has 1 aromatic carbocycles. The average molecular weight is 344 g/mol. The lowest BCUT2D eigenvalue weighted by molar-refractivity contribution is 0.0627. The smallest absolute Gasteiger partial charge is 0.253 e. The molecule has 1 heterocycles. The summed E-state index contributed by atoms with van der Waals surface area (Å²) < 4.78 is 5.45. The zero-order valence-electron chi connectivity index (χ0n) is 15.6. The number of amides is 1. The van der Waals surface area contributed by atoms with E-state index in [4.69, 9.17) is 4.74 Å². The van der Waals surface area contributed by atoms with Crippen molar-refractivity contribution in [2.45, 2.75) is 45.4 Å². The van der Waals surface area contributed by atoms with Gasteiger partial charge in [-0.25, -0.2) is 0 Å². The van der Waals surface area contributed by atoms with E-state index in [0.717, 1.165) is 43.4 Å². The second-order valence-corrected chi connectivity index (χ2v) is 7.38. The van der Waals surface area contributed by atoms with Crippen molar-refractivity contribution in [1.29, 1.82) is 0 Å². The van der Waals surface area contributed by atoms with Crippen LogP contribution in [-0.2, 0) is 0 Å². The highest BCUT2D eigenvalue weighted by atomic mass is 16.5. The van der Waals surface area contributed by atoms with E-state index in [9.17, 15) is 4.79 Å². The molecule has 0 aromatic heterocycles. The maximum Gasteiger partial charge on any atom is 0.253 e. The molecule has 0 radical (unpaired) electrons. The van der Waals surface area contributed by atoms with E-state index in [0.29, 0.717) is 6.61 Å². The summed E-state index contributed by atoms with van der Waals surface area (Å²) >= 11 is 0. The van der Waals surface area contributed by atoms with E-state index >= 15 is 0 Å². The molecule has 2 aliphatic rings. The van der Waals surface area contributed by atoms with Crippen molar-refractivity contribution in [3.8, 4) is 5.75 Å². The standard InChI is InChI=1S/C21H32N2O2/c1-2-25-20-10-8-19(9-11-20)21(24)23-16-14-22(15-17-23)13-12-18-6-4-3-5-7-18/h8-11,18H,2-7,12-17H2,1H3.